The molecular formula is C29H39Cl2N4O5P. The van der Waals surface area contributed by atoms with Crippen molar-refractivity contribution < 1.29 is 22.9 Å². The van der Waals surface area contributed by atoms with E-state index in [2.05, 4.69) is 20.6 Å². The third kappa shape index (κ3) is 10.4. The Morgan fingerprint density at radius 2 is 1.71 bits per heavy atom. The van der Waals surface area contributed by atoms with Crippen LogP contribution in [0.2, 0.25) is 10.0 Å². The number of hydrogen-bond donors (Lipinski definition) is 3. The van der Waals surface area contributed by atoms with Crippen molar-refractivity contribution in [3.8, 4) is 11.1 Å². The SMILES string of the molecule is CC(C)Nc1cc(-c2c[nH]c(C(=O)N[C@H](COP(=O)(OC(C)(C)C)OC(C)(C)C)c3cccc(Cl)c3)c2)c(Cl)cn1. The molecule has 2 aromatic heterocycles. The molecule has 41 heavy (non-hydrogen) atoms. The number of halogens is 2. The van der Waals surface area contributed by atoms with Crippen LogP contribution in [-0.4, -0.2) is 39.7 Å². The van der Waals surface area contributed by atoms with Gasteiger partial charge in [0.1, 0.15) is 11.5 Å². The zero-order valence-corrected chi connectivity index (χ0v) is 27.1. The smallest absolute Gasteiger partial charge is 0.368 e. The van der Waals surface area contributed by atoms with Crippen LogP contribution in [0.4, 0.5) is 5.82 Å². The molecule has 0 saturated carbocycles. The minimum Gasteiger partial charge on any atom is -0.368 e. The minimum absolute atomic E-state index is 0.188. The molecule has 2 heterocycles. The summed E-state index contributed by atoms with van der Waals surface area (Å²) in [5, 5.41) is 7.12. The lowest BCUT2D eigenvalue weighted by atomic mass is 10.1. The van der Waals surface area contributed by atoms with E-state index in [1.807, 2.05) is 19.9 Å². The first-order chi connectivity index (χ1) is 18.9. The first-order valence-corrected chi connectivity index (χ1v) is 15.5. The Morgan fingerprint density at radius 3 is 2.29 bits per heavy atom. The van der Waals surface area contributed by atoms with Gasteiger partial charge in [-0.15, -0.1) is 0 Å². The van der Waals surface area contributed by atoms with Gasteiger partial charge in [-0.05, 0) is 85.2 Å². The molecule has 9 nitrogen and oxygen atoms in total. The van der Waals surface area contributed by atoms with E-state index in [4.69, 9.17) is 36.8 Å². The van der Waals surface area contributed by atoms with Crippen LogP contribution < -0.4 is 10.6 Å². The largest absolute Gasteiger partial charge is 0.475 e. The maximum atomic E-state index is 13.7. The van der Waals surface area contributed by atoms with Crippen molar-refractivity contribution in [3.63, 3.8) is 0 Å². The fraction of sp³-hybridized carbons (Fsp3) is 0.448. The molecule has 0 aliphatic heterocycles. The number of carbonyl (C=O) groups excluding carboxylic acids is 1. The molecule has 0 bridgehead atoms. The highest BCUT2D eigenvalue weighted by Gasteiger charge is 2.38. The highest BCUT2D eigenvalue weighted by Crippen LogP contribution is 2.55. The van der Waals surface area contributed by atoms with Gasteiger partial charge in [0.15, 0.2) is 0 Å². The molecular weight excluding hydrogens is 586 g/mol. The highest BCUT2D eigenvalue weighted by atomic mass is 35.5. The summed E-state index contributed by atoms with van der Waals surface area (Å²) in [6.45, 7) is 14.3. The fourth-order valence-electron chi connectivity index (χ4n) is 3.80. The van der Waals surface area contributed by atoms with Gasteiger partial charge in [-0.25, -0.2) is 9.55 Å². The molecule has 1 atom stereocenters. The summed E-state index contributed by atoms with van der Waals surface area (Å²) >= 11 is 12.7. The Labute approximate surface area is 252 Å². The summed E-state index contributed by atoms with van der Waals surface area (Å²) in [7, 11) is -4.04. The number of aromatic amines is 1. The number of anilines is 1. The van der Waals surface area contributed by atoms with E-state index < -0.39 is 31.0 Å². The van der Waals surface area contributed by atoms with Crippen molar-refractivity contribution in [3.05, 3.63) is 70.1 Å². The number of amides is 1. The number of pyridine rings is 1. The van der Waals surface area contributed by atoms with E-state index in [-0.39, 0.29) is 12.6 Å². The molecule has 3 rings (SSSR count). The Bertz CT molecular complexity index is 1380. The first-order valence-electron chi connectivity index (χ1n) is 13.3. The van der Waals surface area contributed by atoms with E-state index in [1.54, 1.807) is 84.3 Å². The number of phosphoric acid groups is 1. The minimum atomic E-state index is -4.04. The lowest BCUT2D eigenvalue weighted by Gasteiger charge is -2.32. The number of phosphoric ester groups is 1. The predicted octanol–water partition coefficient (Wildman–Crippen LogP) is 8.43. The topological polar surface area (TPSA) is 115 Å². The van der Waals surface area contributed by atoms with E-state index >= 15 is 0 Å². The van der Waals surface area contributed by atoms with Crippen molar-refractivity contribution >= 4 is 42.7 Å². The lowest BCUT2D eigenvalue weighted by Crippen LogP contribution is -2.32. The number of benzene rings is 1. The Morgan fingerprint density at radius 1 is 1.05 bits per heavy atom. The molecule has 1 amide bonds. The number of rotatable bonds is 11. The van der Waals surface area contributed by atoms with Crippen LogP contribution in [-0.2, 0) is 18.1 Å². The monoisotopic (exact) mass is 624 g/mol. The van der Waals surface area contributed by atoms with Gasteiger partial charge in [-0.3, -0.25) is 18.4 Å². The average Bonchev–Trinajstić information content (AvgIpc) is 3.30. The number of carbonyl (C=O) groups is 1. The highest BCUT2D eigenvalue weighted by molar-refractivity contribution is 7.48. The summed E-state index contributed by atoms with van der Waals surface area (Å²) < 4.78 is 31.0. The van der Waals surface area contributed by atoms with Gasteiger partial charge in [0.2, 0.25) is 0 Å². The van der Waals surface area contributed by atoms with E-state index in [1.165, 1.54) is 0 Å². The zero-order valence-electron chi connectivity index (χ0n) is 24.7. The van der Waals surface area contributed by atoms with Crippen LogP contribution in [0.1, 0.15) is 77.5 Å². The Hall–Kier alpha value is -2.39. The number of H-pyrrole nitrogens is 1. The molecule has 0 saturated heterocycles. The number of nitrogens with zero attached hydrogens (tertiary/aromatic N) is 1. The van der Waals surface area contributed by atoms with E-state index in [0.717, 1.165) is 5.56 Å². The van der Waals surface area contributed by atoms with Gasteiger partial charge in [0, 0.05) is 34.6 Å². The number of hydrogen-bond acceptors (Lipinski definition) is 7. The summed E-state index contributed by atoms with van der Waals surface area (Å²) in [5.41, 5.74) is 0.751. The predicted molar refractivity (Wildman–Crippen MR) is 165 cm³/mol. The van der Waals surface area contributed by atoms with E-state index in [0.29, 0.717) is 32.7 Å². The van der Waals surface area contributed by atoms with Crippen LogP contribution >= 0.6 is 31.0 Å². The molecule has 1 aromatic carbocycles. The summed E-state index contributed by atoms with van der Waals surface area (Å²) in [5.74, 6) is 0.253. The maximum Gasteiger partial charge on any atom is 0.475 e. The molecule has 0 aliphatic carbocycles. The van der Waals surface area contributed by atoms with Crippen LogP contribution in [0.15, 0.2) is 48.8 Å². The second-order valence-corrected chi connectivity index (χ2v) is 14.2. The van der Waals surface area contributed by atoms with Crippen molar-refractivity contribution in [2.45, 2.75) is 78.7 Å². The Kier molecular flexibility index (Phi) is 10.7. The molecule has 0 aliphatic rings. The molecule has 0 radical (unpaired) electrons. The van der Waals surface area contributed by atoms with Gasteiger partial charge < -0.3 is 15.6 Å². The van der Waals surface area contributed by atoms with Gasteiger partial charge >= 0.3 is 7.82 Å². The summed E-state index contributed by atoms with van der Waals surface area (Å²) in [4.78, 5) is 20.7. The maximum absolute atomic E-state index is 13.7. The third-order valence-corrected chi connectivity index (χ3v) is 7.80. The third-order valence-electron chi connectivity index (χ3n) is 5.26. The van der Waals surface area contributed by atoms with Crippen LogP contribution in [0.5, 0.6) is 0 Å². The zero-order chi connectivity index (χ0) is 30.6. The molecule has 3 N–H and O–H groups in total. The van der Waals surface area contributed by atoms with Crippen molar-refractivity contribution in [2.24, 2.45) is 0 Å². The van der Waals surface area contributed by atoms with Gasteiger partial charge in [-0.2, -0.15) is 0 Å². The van der Waals surface area contributed by atoms with Gasteiger partial charge in [0.25, 0.3) is 5.91 Å². The van der Waals surface area contributed by atoms with E-state index in [9.17, 15) is 9.36 Å². The number of nitrogens with one attached hydrogen (secondary N) is 3. The normalized spacial score (nSPS) is 13.3. The lowest BCUT2D eigenvalue weighted by molar-refractivity contribution is 0.000628. The van der Waals surface area contributed by atoms with Crippen LogP contribution in [0, 0.1) is 0 Å². The Balaban J connectivity index is 1.86. The number of aromatic nitrogens is 2. The fourth-order valence-corrected chi connectivity index (χ4v) is 6.03. The first kappa shape index (κ1) is 33.1. The van der Waals surface area contributed by atoms with Crippen molar-refractivity contribution in [1.29, 1.82) is 0 Å². The molecule has 0 unspecified atom stereocenters. The molecule has 3 aromatic rings. The molecule has 0 spiro atoms. The molecule has 12 heteroatoms. The van der Waals surface area contributed by atoms with Crippen molar-refractivity contribution in [2.75, 3.05) is 11.9 Å². The average molecular weight is 626 g/mol. The van der Waals surface area contributed by atoms with Gasteiger partial charge in [-0.1, -0.05) is 35.3 Å². The summed E-state index contributed by atoms with van der Waals surface area (Å²) in [6.07, 6.45) is 3.27. The molecule has 224 valence electrons. The summed E-state index contributed by atoms with van der Waals surface area (Å²) in [6, 6.07) is 9.96. The quantitative estimate of drug-likeness (QED) is 0.183. The second-order valence-electron chi connectivity index (χ2n) is 11.9. The standard InChI is InChI=1S/C29H39Cl2N4O5P/c1-18(2)34-26-14-22(23(31)16-33-26)20-13-24(32-15-20)27(36)35-25(19-10-9-11-21(30)12-19)17-38-41(37,39-28(3,4)5)40-29(6,7)8/h9-16,18,25,32H,17H2,1-8H3,(H,33,34)(H,35,36)/t25-/m1/s1. The molecule has 0 fully saturated rings. The van der Waals surface area contributed by atoms with Crippen LogP contribution in [0.25, 0.3) is 11.1 Å². The van der Waals surface area contributed by atoms with Crippen LogP contribution in [0.3, 0.4) is 0 Å². The van der Waals surface area contributed by atoms with Crippen molar-refractivity contribution in [1.82, 2.24) is 15.3 Å². The van der Waals surface area contributed by atoms with Gasteiger partial charge in [0.05, 0.1) is 28.9 Å². The second kappa shape index (κ2) is 13.3.